The van der Waals surface area contributed by atoms with Crippen LogP contribution in [0.5, 0.6) is 0 Å². The number of nitrogens with zero attached hydrogens (tertiary/aromatic N) is 1. The number of hydrogen-bond donors (Lipinski definition) is 1. The molecule has 128 valence electrons. The number of unbranched alkanes of at least 4 members (excludes halogenated alkanes) is 2. The van der Waals surface area contributed by atoms with Crippen molar-refractivity contribution in [3.8, 4) is 0 Å². The Morgan fingerprint density at radius 2 is 1.74 bits per heavy atom. The highest BCUT2D eigenvalue weighted by molar-refractivity contribution is 7.89. The Labute approximate surface area is 139 Å². The van der Waals surface area contributed by atoms with Crippen LogP contribution in [0.1, 0.15) is 55.8 Å². The first-order valence-corrected chi connectivity index (χ1v) is 9.92. The number of rotatable bonds is 7. The van der Waals surface area contributed by atoms with Gasteiger partial charge >= 0.3 is 0 Å². The van der Waals surface area contributed by atoms with E-state index in [0.717, 1.165) is 45.2 Å². The molecule has 0 aromatic heterocycles. The maximum Gasteiger partial charge on any atom is 0.253 e. The van der Waals surface area contributed by atoms with Crippen LogP contribution in [-0.4, -0.2) is 38.9 Å². The highest BCUT2D eigenvalue weighted by Gasteiger charge is 2.19. The average molecular weight is 338 g/mol. The second-order valence-electron chi connectivity index (χ2n) is 5.98. The summed E-state index contributed by atoms with van der Waals surface area (Å²) in [5.74, 6) is -0.00967. The van der Waals surface area contributed by atoms with Crippen molar-refractivity contribution in [2.45, 2.75) is 50.3 Å². The SMILES string of the molecule is CCCCCNS(=O)(=O)c1ccc(C(=O)N2CCCCC2)cc1. The normalized spacial score (nSPS) is 15.6. The Kier molecular flexibility index (Phi) is 6.59. The number of benzene rings is 1. The van der Waals surface area contributed by atoms with Crippen molar-refractivity contribution in [2.24, 2.45) is 0 Å². The van der Waals surface area contributed by atoms with Gasteiger partial charge in [-0.1, -0.05) is 19.8 Å². The number of carbonyl (C=O) groups excluding carboxylic acids is 1. The number of sulfonamides is 1. The van der Waals surface area contributed by atoms with Crippen LogP contribution in [0.4, 0.5) is 0 Å². The van der Waals surface area contributed by atoms with Gasteiger partial charge in [0.25, 0.3) is 5.91 Å². The Hall–Kier alpha value is -1.40. The second-order valence-corrected chi connectivity index (χ2v) is 7.75. The van der Waals surface area contributed by atoms with E-state index in [2.05, 4.69) is 11.6 Å². The maximum atomic E-state index is 12.4. The third kappa shape index (κ3) is 5.04. The fourth-order valence-electron chi connectivity index (χ4n) is 2.72. The Bertz CT molecular complexity index is 605. The van der Waals surface area contributed by atoms with Gasteiger partial charge in [-0.05, 0) is 49.9 Å². The minimum atomic E-state index is -3.48. The predicted octanol–water partition coefficient (Wildman–Crippen LogP) is 2.78. The molecule has 23 heavy (non-hydrogen) atoms. The molecular weight excluding hydrogens is 312 g/mol. The number of nitrogens with one attached hydrogen (secondary N) is 1. The summed E-state index contributed by atoms with van der Waals surface area (Å²) >= 11 is 0. The van der Waals surface area contributed by atoms with E-state index in [1.54, 1.807) is 12.1 Å². The van der Waals surface area contributed by atoms with Crippen LogP contribution in [0.3, 0.4) is 0 Å². The minimum Gasteiger partial charge on any atom is -0.339 e. The lowest BCUT2D eigenvalue weighted by atomic mass is 10.1. The first kappa shape index (κ1) is 17.9. The highest BCUT2D eigenvalue weighted by Crippen LogP contribution is 2.15. The summed E-state index contributed by atoms with van der Waals surface area (Å²) in [4.78, 5) is 14.4. The zero-order chi connectivity index (χ0) is 16.7. The van der Waals surface area contributed by atoms with Crippen molar-refractivity contribution in [1.29, 1.82) is 0 Å². The summed E-state index contributed by atoms with van der Waals surface area (Å²) in [7, 11) is -3.48. The first-order chi connectivity index (χ1) is 11.0. The van der Waals surface area contributed by atoms with Gasteiger partial charge in [-0.3, -0.25) is 4.79 Å². The van der Waals surface area contributed by atoms with Gasteiger partial charge in [-0.2, -0.15) is 0 Å². The Balaban J connectivity index is 1.99. The van der Waals surface area contributed by atoms with E-state index in [1.807, 2.05) is 4.90 Å². The van der Waals surface area contributed by atoms with Gasteiger partial charge in [0, 0.05) is 25.2 Å². The number of piperidine rings is 1. The molecule has 0 spiro atoms. The number of carbonyl (C=O) groups is 1. The molecule has 2 rings (SSSR count). The quantitative estimate of drug-likeness (QED) is 0.778. The lowest BCUT2D eigenvalue weighted by Crippen LogP contribution is -2.35. The van der Waals surface area contributed by atoms with Gasteiger partial charge in [-0.15, -0.1) is 0 Å². The molecule has 1 aromatic carbocycles. The van der Waals surface area contributed by atoms with Crippen LogP contribution in [0.15, 0.2) is 29.2 Å². The zero-order valence-corrected chi connectivity index (χ0v) is 14.6. The van der Waals surface area contributed by atoms with Crippen molar-refractivity contribution >= 4 is 15.9 Å². The monoisotopic (exact) mass is 338 g/mol. The molecule has 1 N–H and O–H groups in total. The summed E-state index contributed by atoms with van der Waals surface area (Å²) in [6, 6.07) is 6.24. The second kappa shape index (κ2) is 8.45. The largest absolute Gasteiger partial charge is 0.339 e. The van der Waals surface area contributed by atoms with Gasteiger partial charge in [-0.25, -0.2) is 13.1 Å². The van der Waals surface area contributed by atoms with E-state index < -0.39 is 10.0 Å². The molecule has 0 aliphatic carbocycles. The van der Waals surface area contributed by atoms with Crippen molar-refractivity contribution in [3.63, 3.8) is 0 Å². The highest BCUT2D eigenvalue weighted by atomic mass is 32.2. The molecule has 1 aromatic rings. The molecule has 1 aliphatic heterocycles. The average Bonchev–Trinajstić information content (AvgIpc) is 2.59. The fraction of sp³-hybridized carbons (Fsp3) is 0.588. The van der Waals surface area contributed by atoms with Crippen molar-refractivity contribution in [1.82, 2.24) is 9.62 Å². The molecule has 0 bridgehead atoms. The minimum absolute atomic E-state index is 0.00967. The lowest BCUT2D eigenvalue weighted by Gasteiger charge is -2.26. The predicted molar refractivity (Wildman–Crippen MR) is 90.9 cm³/mol. The van der Waals surface area contributed by atoms with E-state index >= 15 is 0 Å². The summed E-state index contributed by atoms with van der Waals surface area (Å²) in [6.07, 6.45) is 6.15. The van der Waals surface area contributed by atoms with Gasteiger partial charge in [0.15, 0.2) is 0 Å². The van der Waals surface area contributed by atoms with Crippen LogP contribution in [0, 0.1) is 0 Å². The smallest absolute Gasteiger partial charge is 0.253 e. The van der Waals surface area contributed by atoms with Gasteiger partial charge in [0.1, 0.15) is 0 Å². The van der Waals surface area contributed by atoms with Crippen LogP contribution in [0.2, 0.25) is 0 Å². The molecule has 1 saturated heterocycles. The third-order valence-electron chi connectivity index (χ3n) is 4.13. The van der Waals surface area contributed by atoms with Crippen LogP contribution < -0.4 is 4.72 Å². The van der Waals surface area contributed by atoms with E-state index in [1.165, 1.54) is 18.6 Å². The Morgan fingerprint density at radius 1 is 1.09 bits per heavy atom. The molecular formula is C17H26N2O3S. The lowest BCUT2D eigenvalue weighted by molar-refractivity contribution is 0.0724. The zero-order valence-electron chi connectivity index (χ0n) is 13.8. The molecule has 1 fully saturated rings. The van der Waals surface area contributed by atoms with Crippen molar-refractivity contribution in [2.75, 3.05) is 19.6 Å². The van der Waals surface area contributed by atoms with E-state index in [9.17, 15) is 13.2 Å². The summed E-state index contributed by atoms with van der Waals surface area (Å²) in [6.45, 7) is 4.10. The topological polar surface area (TPSA) is 66.5 Å². The molecule has 6 heteroatoms. The summed E-state index contributed by atoms with van der Waals surface area (Å²) in [5.41, 5.74) is 0.553. The van der Waals surface area contributed by atoms with Crippen molar-refractivity contribution < 1.29 is 13.2 Å². The molecule has 1 heterocycles. The van der Waals surface area contributed by atoms with Gasteiger partial charge in [0.05, 0.1) is 4.90 Å². The summed E-state index contributed by atoms with van der Waals surface area (Å²) in [5, 5.41) is 0. The van der Waals surface area contributed by atoms with E-state index in [0.29, 0.717) is 12.1 Å². The van der Waals surface area contributed by atoms with Crippen LogP contribution in [-0.2, 0) is 10.0 Å². The molecule has 0 atom stereocenters. The Morgan fingerprint density at radius 3 is 2.35 bits per heavy atom. The fourth-order valence-corrected chi connectivity index (χ4v) is 3.80. The number of amides is 1. The molecule has 0 saturated carbocycles. The third-order valence-corrected chi connectivity index (χ3v) is 5.60. The van der Waals surface area contributed by atoms with Crippen LogP contribution in [0.25, 0.3) is 0 Å². The molecule has 0 radical (unpaired) electrons. The number of hydrogen-bond acceptors (Lipinski definition) is 3. The summed E-state index contributed by atoms with van der Waals surface area (Å²) < 4.78 is 26.9. The standard InChI is InChI=1S/C17H26N2O3S/c1-2-3-5-12-18-23(21,22)16-10-8-15(9-11-16)17(20)19-13-6-4-7-14-19/h8-11,18H,2-7,12-14H2,1H3. The molecule has 1 aliphatic rings. The van der Waals surface area contributed by atoms with Crippen molar-refractivity contribution in [3.05, 3.63) is 29.8 Å². The first-order valence-electron chi connectivity index (χ1n) is 8.43. The number of likely N-dealkylation sites (tertiary alicyclic amines) is 1. The van der Waals surface area contributed by atoms with Crippen LogP contribution >= 0.6 is 0 Å². The molecule has 1 amide bonds. The van der Waals surface area contributed by atoms with E-state index in [4.69, 9.17) is 0 Å². The maximum absolute atomic E-state index is 12.4. The van der Waals surface area contributed by atoms with E-state index in [-0.39, 0.29) is 10.8 Å². The molecule has 5 nitrogen and oxygen atoms in total. The van der Waals surface area contributed by atoms with Gasteiger partial charge in [0.2, 0.25) is 10.0 Å². The van der Waals surface area contributed by atoms with Gasteiger partial charge < -0.3 is 4.90 Å². The molecule has 0 unspecified atom stereocenters.